The number of carbonyl (C=O) groups is 1. The van der Waals surface area contributed by atoms with E-state index in [0.29, 0.717) is 5.92 Å². The second-order valence-electron chi connectivity index (χ2n) is 5.12. The molecule has 2 heterocycles. The van der Waals surface area contributed by atoms with E-state index < -0.39 is 0 Å². The lowest BCUT2D eigenvalue weighted by molar-refractivity contribution is 0.193. The van der Waals surface area contributed by atoms with Crippen LogP contribution in [0.1, 0.15) is 13.8 Å². The Balaban J connectivity index is 1.81. The van der Waals surface area contributed by atoms with Gasteiger partial charge in [-0.1, -0.05) is 13.8 Å². The van der Waals surface area contributed by atoms with Crippen molar-refractivity contribution in [1.82, 2.24) is 20.2 Å². The summed E-state index contributed by atoms with van der Waals surface area (Å²) in [5.74, 6) is 1.36. The molecular weight excluding hydrogens is 242 g/mol. The van der Waals surface area contributed by atoms with Gasteiger partial charge in [0.25, 0.3) is 0 Å². The molecule has 0 aliphatic carbocycles. The second-order valence-corrected chi connectivity index (χ2v) is 5.12. The summed E-state index contributed by atoms with van der Waals surface area (Å²) in [7, 11) is 0. The van der Waals surface area contributed by atoms with Crippen molar-refractivity contribution in [3.8, 4) is 0 Å². The van der Waals surface area contributed by atoms with Gasteiger partial charge in [-0.2, -0.15) is 0 Å². The molecule has 2 rings (SSSR count). The van der Waals surface area contributed by atoms with Gasteiger partial charge in [-0.25, -0.2) is 9.78 Å². The van der Waals surface area contributed by atoms with Crippen molar-refractivity contribution in [3.63, 3.8) is 0 Å². The number of amides is 2. The second kappa shape index (κ2) is 6.36. The molecule has 0 atom stereocenters. The van der Waals surface area contributed by atoms with Crippen LogP contribution in [0, 0.1) is 5.92 Å². The Morgan fingerprint density at radius 3 is 2.63 bits per heavy atom. The topological polar surface area (TPSA) is 61.4 Å². The smallest absolute Gasteiger partial charge is 0.317 e. The van der Waals surface area contributed by atoms with Crippen molar-refractivity contribution in [2.45, 2.75) is 13.8 Å². The summed E-state index contributed by atoms with van der Waals surface area (Å²) in [6.45, 7) is 7.95. The third-order valence-electron chi connectivity index (χ3n) is 3.10. The minimum atomic E-state index is 0.0347. The van der Waals surface area contributed by atoms with Crippen molar-refractivity contribution < 1.29 is 4.79 Å². The maximum absolute atomic E-state index is 11.9. The Morgan fingerprint density at radius 2 is 2.05 bits per heavy atom. The predicted octanol–water partition coefficient (Wildman–Crippen LogP) is 0.964. The van der Waals surface area contributed by atoms with E-state index in [2.05, 4.69) is 34.0 Å². The van der Waals surface area contributed by atoms with Crippen molar-refractivity contribution in [2.24, 2.45) is 5.92 Å². The van der Waals surface area contributed by atoms with Crippen LogP contribution in [-0.4, -0.2) is 53.6 Å². The largest absolute Gasteiger partial charge is 0.352 e. The molecule has 1 N–H and O–H groups in total. The number of anilines is 1. The molecule has 1 aliphatic heterocycles. The highest BCUT2D eigenvalue weighted by Crippen LogP contribution is 2.11. The average molecular weight is 263 g/mol. The highest BCUT2D eigenvalue weighted by Gasteiger charge is 2.21. The normalized spacial score (nSPS) is 15.7. The quantitative estimate of drug-likeness (QED) is 0.882. The first-order valence-corrected chi connectivity index (χ1v) is 6.70. The standard InChI is InChI=1S/C13H21N5O/c1-11(2)9-16-13(19)18-7-5-17(6-8-18)12-10-14-3-4-15-12/h3-4,10-11H,5-9H2,1-2H3,(H,16,19). The first-order valence-electron chi connectivity index (χ1n) is 6.70. The molecule has 1 aromatic rings. The Morgan fingerprint density at radius 1 is 1.32 bits per heavy atom. The van der Waals surface area contributed by atoms with Gasteiger partial charge in [-0.05, 0) is 5.92 Å². The van der Waals surface area contributed by atoms with Crippen LogP contribution in [0.5, 0.6) is 0 Å². The summed E-state index contributed by atoms with van der Waals surface area (Å²) >= 11 is 0. The van der Waals surface area contributed by atoms with Crippen molar-refractivity contribution in [3.05, 3.63) is 18.6 Å². The zero-order chi connectivity index (χ0) is 13.7. The Bertz CT molecular complexity index is 401. The molecule has 0 bridgehead atoms. The van der Waals surface area contributed by atoms with Gasteiger partial charge in [-0.15, -0.1) is 0 Å². The summed E-state index contributed by atoms with van der Waals surface area (Å²) in [6.07, 6.45) is 5.12. The predicted molar refractivity (Wildman–Crippen MR) is 74.1 cm³/mol. The van der Waals surface area contributed by atoms with Crippen molar-refractivity contribution in [2.75, 3.05) is 37.6 Å². The number of rotatable bonds is 3. The third kappa shape index (κ3) is 3.81. The van der Waals surface area contributed by atoms with Gasteiger partial charge < -0.3 is 15.1 Å². The zero-order valence-electron chi connectivity index (χ0n) is 11.5. The monoisotopic (exact) mass is 263 g/mol. The van der Waals surface area contributed by atoms with E-state index in [0.717, 1.165) is 38.5 Å². The molecule has 1 aromatic heterocycles. The molecule has 104 valence electrons. The number of piperazine rings is 1. The van der Waals surface area contributed by atoms with E-state index in [1.54, 1.807) is 18.6 Å². The maximum atomic E-state index is 11.9. The number of carbonyl (C=O) groups excluding carboxylic acids is 1. The van der Waals surface area contributed by atoms with Crippen LogP contribution < -0.4 is 10.2 Å². The Hall–Kier alpha value is -1.85. The maximum Gasteiger partial charge on any atom is 0.317 e. The molecular formula is C13H21N5O. The fraction of sp³-hybridized carbons (Fsp3) is 0.615. The molecule has 0 spiro atoms. The van der Waals surface area contributed by atoms with Gasteiger partial charge in [0.15, 0.2) is 0 Å². The van der Waals surface area contributed by atoms with Crippen LogP contribution in [0.15, 0.2) is 18.6 Å². The van der Waals surface area contributed by atoms with E-state index in [1.807, 2.05) is 4.90 Å². The first-order chi connectivity index (χ1) is 9.16. The van der Waals surface area contributed by atoms with Crippen LogP contribution in [0.4, 0.5) is 10.6 Å². The van der Waals surface area contributed by atoms with Crippen molar-refractivity contribution in [1.29, 1.82) is 0 Å². The molecule has 0 unspecified atom stereocenters. The Labute approximate surface area is 113 Å². The zero-order valence-corrected chi connectivity index (χ0v) is 11.5. The molecule has 6 nitrogen and oxygen atoms in total. The summed E-state index contributed by atoms with van der Waals surface area (Å²) in [5, 5.41) is 2.95. The highest BCUT2D eigenvalue weighted by atomic mass is 16.2. The third-order valence-corrected chi connectivity index (χ3v) is 3.10. The first kappa shape index (κ1) is 13.6. The lowest BCUT2D eigenvalue weighted by Crippen LogP contribution is -2.52. The molecule has 0 aromatic carbocycles. The van der Waals surface area contributed by atoms with E-state index in [4.69, 9.17) is 0 Å². The van der Waals surface area contributed by atoms with Crippen molar-refractivity contribution >= 4 is 11.8 Å². The molecule has 0 saturated carbocycles. The number of nitrogens with zero attached hydrogens (tertiary/aromatic N) is 4. The van der Waals surface area contributed by atoms with Crippen LogP contribution in [0.2, 0.25) is 0 Å². The number of aromatic nitrogens is 2. The van der Waals surface area contributed by atoms with E-state index in [9.17, 15) is 4.79 Å². The molecule has 2 amide bonds. The molecule has 6 heteroatoms. The molecule has 1 fully saturated rings. The Kier molecular flexibility index (Phi) is 4.54. The highest BCUT2D eigenvalue weighted by molar-refractivity contribution is 5.74. The van der Waals surface area contributed by atoms with Crippen LogP contribution in [0.3, 0.4) is 0 Å². The minimum absolute atomic E-state index is 0.0347. The van der Waals surface area contributed by atoms with E-state index >= 15 is 0 Å². The molecule has 0 radical (unpaired) electrons. The van der Waals surface area contributed by atoms with Crippen LogP contribution in [0.25, 0.3) is 0 Å². The summed E-state index contributed by atoms with van der Waals surface area (Å²) < 4.78 is 0. The van der Waals surface area contributed by atoms with E-state index in [1.165, 1.54) is 0 Å². The minimum Gasteiger partial charge on any atom is -0.352 e. The number of hydrogen-bond donors (Lipinski definition) is 1. The van der Waals surface area contributed by atoms with Gasteiger partial charge in [0, 0.05) is 45.1 Å². The average Bonchev–Trinajstić information content (AvgIpc) is 2.46. The molecule has 19 heavy (non-hydrogen) atoms. The number of nitrogens with one attached hydrogen (secondary N) is 1. The van der Waals surface area contributed by atoms with Gasteiger partial charge in [0.05, 0.1) is 6.20 Å². The van der Waals surface area contributed by atoms with Gasteiger partial charge in [0.1, 0.15) is 5.82 Å². The number of hydrogen-bond acceptors (Lipinski definition) is 4. The van der Waals surface area contributed by atoms with Gasteiger partial charge in [-0.3, -0.25) is 4.98 Å². The van der Waals surface area contributed by atoms with Gasteiger partial charge in [0.2, 0.25) is 0 Å². The summed E-state index contributed by atoms with van der Waals surface area (Å²) in [6, 6.07) is 0.0347. The van der Waals surface area contributed by atoms with Gasteiger partial charge >= 0.3 is 6.03 Å². The lowest BCUT2D eigenvalue weighted by atomic mass is 10.2. The van der Waals surface area contributed by atoms with Crippen LogP contribution >= 0.6 is 0 Å². The molecule has 1 aliphatic rings. The fourth-order valence-corrected chi connectivity index (χ4v) is 2.00. The SMILES string of the molecule is CC(C)CNC(=O)N1CCN(c2cnccn2)CC1. The van der Waals surface area contributed by atoms with Crippen LogP contribution in [-0.2, 0) is 0 Å². The lowest BCUT2D eigenvalue weighted by Gasteiger charge is -2.35. The molecule has 1 saturated heterocycles. The van der Waals surface area contributed by atoms with E-state index in [-0.39, 0.29) is 6.03 Å². The fourth-order valence-electron chi connectivity index (χ4n) is 2.00. The summed E-state index contributed by atoms with van der Waals surface area (Å²) in [4.78, 5) is 24.3. The number of urea groups is 1. The summed E-state index contributed by atoms with van der Waals surface area (Å²) in [5.41, 5.74) is 0.